The molecule has 0 aromatic heterocycles. The van der Waals surface area contributed by atoms with Crippen LogP contribution in [0.15, 0.2) is 53.4 Å². The number of nitrogens with two attached hydrogens (primary N) is 1. The van der Waals surface area contributed by atoms with E-state index in [9.17, 15) is 9.59 Å². The molecule has 2 aromatic rings. The Labute approximate surface area is 177 Å². The quantitative estimate of drug-likeness (QED) is 0.507. The fourth-order valence-corrected chi connectivity index (χ4v) is 3.82. The minimum atomic E-state index is -0.388. The van der Waals surface area contributed by atoms with Crippen molar-refractivity contribution in [3.05, 3.63) is 59.7 Å². The Hall–Kier alpha value is -2.31. The molecule has 0 bridgehead atoms. The van der Waals surface area contributed by atoms with Crippen LogP contribution in [0.2, 0.25) is 0 Å². The van der Waals surface area contributed by atoms with Crippen LogP contribution in [0.3, 0.4) is 0 Å². The lowest BCUT2D eigenvalue weighted by atomic mass is 9.93. The second kappa shape index (κ2) is 11.0. The summed E-state index contributed by atoms with van der Waals surface area (Å²) in [5.74, 6) is 0.494. The number of nitrogens with one attached hydrogen (secondary N) is 2. The lowest BCUT2D eigenvalue weighted by Crippen LogP contribution is -2.33. The lowest BCUT2D eigenvalue weighted by molar-refractivity contribution is -0.116. The molecule has 0 aliphatic heterocycles. The summed E-state index contributed by atoms with van der Waals surface area (Å²) in [6.45, 7) is 8.83. The predicted octanol–water partition coefficient (Wildman–Crippen LogP) is 4.31. The van der Waals surface area contributed by atoms with Crippen LogP contribution in [0.5, 0.6) is 0 Å². The Bertz CT molecular complexity index is 819. The van der Waals surface area contributed by atoms with Crippen molar-refractivity contribution in [2.45, 2.75) is 44.6 Å². The van der Waals surface area contributed by atoms with Gasteiger partial charge >= 0.3 is 0 Å². The first kappa shape index (κ1) is 23.0. The number of benzene rings is 2. The van der Waals surface area contributed by atoms with E-state index in [-0.39, 0.29) is 30.2 Å². The Morgan fingerprint density at radius 1 is 0.966 bits per heavy atom. The van der Waals surface area contributed by atoms with Crippen LogP contribution in [-0.2, 0) is 9.59 Å². The fourth-order valence-electron chi connectivity index (χ4n) is 3.07. The second-order valence-corrected chi connectivity index (χ2v) is 8.74. The van der Waals surface area contributed by atoms with Gasteiger partial charge in [0, 0.05) is 10.9 Å². The average Bonchev–Trinajstić information content (AvgIpc) is 2.67. The van der Waals surface area contributed by atoms with Crippen molar-refractivity contribution in [2.24, 2.45) is 11.7 Å². The molecule has 5 nitrogen and oxygen atoms in total. The predicted molar refractivity (Wildman–Crippen MR) is 121 cm³/mol. The van der Waals surface area contributed by atoms with Gasteiger partial charge in [0.2, 0.25) is 11.8 Å². The molecule has 0 aliphatic carbocycles. The zero-order valence-electron chi connectivity index (χ0n) is 17.6. The summed E-state index contributed by atoms with van der Waals surface area (Å²) in [7, 11) is 0. The third kappa shape index (κ3) is 7.22. The van der Waals surface area contributed by atoms with E-state index in [1.54, 1.807) is 0 Å². The zero-order valence-corrected chi connectivity index (χ0v) is 18.4. The molecule has 0 saturated carbocycles. The first-order valence-corrected chi connectivity index (χ1v) is 10.9. The van der Waals surface area contributed by atoms with Crippen molar-refractivity contribution in [3.8, 4) is 0 Å². The molecule has 2 amide bonds. The standard InChI is InChI=1S/C23H31N3O2S/c1-15(2)17-9-11-18(12-10-17)23(16(3)4)25-13-22(28)26-19-7-5-6-8-20(19)29-14-21(24)27/h5-12,15-16,23,25H,13-14H2,1-4H3,(H2,24,27)(H,26,28)/t23-/m0/s1. The number of thioether (sulfide) groups is 1. The van der Waals surface area contributed by atoms with E-state index in [0.717, 1.165) is 4.90 Å². The number of para-hydroxylation sites is 1. The number of carbonyl (C=O) groups is 2. The van der Waals surface area contributed by atoms with Crippen LogP contribution >= 0.6 is 11.8 Å². The van der Waals surface area contributed by atoms with Crippen LogP contribution < -0.4 is 16.4 Å². The highest BCUT2D eigenvalue weighted by atomic mass is 32.2. The van der Waals surface area contributed by atoms with Crippen molar-refractivity contribution in [1.82, 2.24) is 5.32 Å². The number of anilines is 1. The smallest absolute Gasteiger partial charge is 0.238 e. The van der Waals surface area contributed by atoms with Gasteiger partial charge in [-0.2, -0.15) is 0 Å². The topological polar surface area (TPSA) is 84.2 Å². The molecule has 0 spiro atoms. The van der Waals surface area contributed by atoms with Gasteiger partial charge in [-0.3, -0.25) is 9.59 Å². The molecule has 0 aliphatic rings. The molecule has 6 heteroatoms. The molecular formula is C23H31N3O2S. The summed E-state index contributed by atoms with van der Waals surface area (Å²) in [6.07, 6.45) is 0. The molecule has 156 valence electrons. The Morgan fingerprint density at radius 3 is 2.17 bits per heavy atom. The number of primary amides is 1. The van der Waals surface area contributed by atoms with Gasteiger partial charge in [-0.15, -0.1) is 11.8 Å². The van der Waals surface area contributed by atoms with Crippen LogP contribution in [0.1, 0.15) is 50.8 Å². The highest BCUT2D eigenvalue weighted by molar-refractivity contribution is 8.00. The van der Waals surface area contributed by atoms with Gasteiger partial charge in [0.25, 0.3) is 0 Å². The molecular weight excluding hydrogens is 382 g/mol. The summed E-state index contributed by atoms with van der Waals surface area (Å²) in [4.78, 5) is 24.4. The molecule has 0 unspecified atom stereocenters. The van der Waals surface area contributed by atoms with Gasteiger partial charge in [0.1, 0.15) is 0 Å². The zero-order chi connectivity index (χ0) is 21.4. The van der Waals surface area contributed by atoms with E-state index >= 15 is 0 Å². The molecule has 0 radical (unpaired) electrons. The number of hydrogen-bond acceptors (Lipinski definition) is 4. The molecule has 0 fully saturated rings. The number of rotatable bonds is 10. The molecule has 2 aromatic carbocycles. The van der Waals surface area contributed by atoms with E-state index < -0.39 is 0 Å². The summed E-state index contributed by atoms with van der Waals surface area (Å²) in [5.41, 5.74) is 8.39. The van der Waals surface area contributed by atoms with Gasteiger partial charge in [-0.1, -0.05) is 64.1 Å². The van der Waals surface area contributed by atoms with Crippen LogP contribution in [0.25, 0.3) is 0 Å². The highest BCUT2D eigenvalue weighted by Crippen LogP contribution is 2.27. The van der Waals surface area contributed by atoms with E-state index in [1.807, 2.05) is 24.3 Å². The maximum Gasteiger partial charge on any atom is 0.238 e. The van der Waals surface area contributed by atoms with Crippen LogP contribution in [0.4, 0.5) is 5.69 Å². The van der Waals surface area contributed by atoms with E-state index in [0.29, 0.717) is 17.5 Å². The number of amides is 2. The average molecular weight is 414 g/mol. The van der Waals surface area contributed by atoms with Crippen molar-refractivity contribution in [3.63, 3.8) is 0 Å². The minimum Gasteiger partial charge on any atom is -0.369 e. The van der Waals surface area contributed by atoms with E-state index in [2.05, 4.69) is 62.6 Å². The van der Waals surface area contributed by atoms with Gasteiger partial charge in [-0.25, -0.2) is 0 Å². The molecule has 0 heterocycles. The highest BCUT2D eigenvalue weighted by Gasteiger charge is 2.17. The van der Waals surface area contributed by atoms with Crippen molar-refractivity contribution in [1.29, 1.82) is 0 Å². The lowest BCUT2D eigenvalue weighted by Gasteiger charge is -2.23. The molecule has 1 atom stereocenters. The van der Waals surface area contributed by atoms with E-state index in [1.165, 1.54) is 22.9 Å². The van der Waals surface area contributed by atoms with Gasteiger partial charge < -0.3 is 16.4 Å². The number of carbonyl (C=O) groups excluding carboxylic acids is 2. The molecule has 0 saturated heterocycles. The van der Waals surface area contributed by atoms with Gasteiger partial charge in [-0.05, 0) is 35.1 Å². The normalized spacial score (nSPS) is 12.2. The van der Waals surface area contributed by atoms with Gasteiger partial charge in [0.15, 0.2) is 0 Å². The van der Waals surface area contributed by atoms with Crippen LogP contribution in [-0.4, -0.2) is 24.1 Å². The van der Waals surface area contributed by atoms with Crippen molar-refractivity contribution >= 4 is 29.3 Å². The Kier molecular flexibility index (Phi) is 8.73. The SMILES string of the molecule is CC(C)c1ccc([C@@H](NCC(=O)Nc2ccccc2SCC(N)=O)C(C)C)cc1. The molecule has 4 N–H and O–H groups in total. The first-order chi connectivity index (χ1) is 13.8. The Morgan fingerprint density at radius 2 is 1.59 bits per heavy atom. The fraction of sp³-hybridized carbons (Fsp3) is 0.391. The third-order valence-electron chi connectivity index (χ3n) is 4.64. The minimum absolute atomic E-state index is 0.0847. The summed E-state index contributed by atoms with van der Waals surface area (Å²) < 4.78 is 0. The van der Waals surface area contributed by atoms with Crippen molar-refractivity contribution in [2.75, 3.05) is 17.6 Å². The molecule has 2 rings (SSSR count). The summed E-state index contributed by atoms with van der Waals surface area (Å²) >= 11 is 1.32. The van der Waals surface area contributed by atoms with Crippen molar-refractivity contribution < 1.29 is 9.59 Å². The Balaban J connectivity index is 2.00. The van der Waals surface area contributed by atoms with Gasteiger partial charge in [0.05, 0.1) is 18.0 Å². The van der Waals surface area contributed by atoms with Crippen LogP contribution in [0, 0.1) is 5.92 Å². The first-order valence-electron chi connectivity index (χ1n) is 9.91. The summed E-state index contributed by atoms with van der Waals surface area (Å²) in [5, 5.41) is 6.31. The maximum atomic E-state index is 12.5. The maximum absolute atomic E-state index is 12.5. The molecule has 29 heavy (non-hydrogen) atoms. The monoisotopic (exact) mass is 413 g/mol. The van der Waals surface area contributed by atoms with E-state index in [4.69, 9.17) is 5.73 Å². The largest absolute Gasteiger partial charge is 0.369 e. The third-order valence-corrected chi connectivity index (χ3v) is 5.74. The number of hydrogen-bond donors (Lipinski definition) is 3. The summed E-state index contributed by atoms with van der Waals surface area (Å²) in [6, 6.07) is 16.1. The second-order valence-electron chi connectivity index (χ2n) is 7.72.